The summed E-state index contributed by atoms with van der Waals surface area (Å²) >= 11 is 29.9. The fraction of sp³-hybridized carbons (Fsp3) is 0.533. The Kier molecular flexibility index (Phi) is 11.4. The van der Waals surface area contributed by atoms with Gasteiger partial charge in [0.1, 0.15) is 17.2 Å². The highest BCUT2D eigenvalue weighted by molar-refractivity contribution is 7.51. The molecule has 0 aliphatic heterocycles. The van der Waals surface area contributed by atoms with Gasteiger partial charge in [-0.05, 0) is 26.0 Å². The van der Waals surface area contributed by atoms with E-state index in [2.05, 4.69) is 15.7 Å². The quantitative estimate of drug-likeness (QED) is 0.227. The van der Waals surface area contributed by atoms with Crippen LogP contribution >= 0.6 is 65.8 Å². The van der Waals surface area contributed by atoms with Crippen LogP contribution in [-0.4, -0.2) is 40.1 Å². The summed E-state index contributed by atoms with van der Waals surface area (Å²) in [5, 5.41) is 7.82. The van der Waals surface area contributed by atoms with Gasteiger partial charge in [-0.3, -0.25) is 19.2 Å². The molecule has 0 bridgehead atoms. The second-order valence-electron chi connectivity index (χ2n) is 5.26. The van der Waals surface area contributed by atoms with E-state index in [1.165, 1.54) is 0 Å². The van der Waals surface area contributed by atoms with Crippen molar-refractivity contribution in [2.24, 2.45) is 0 Å². The van der Waals surface area contributed by atoms with Crippen LogP contribution in [0.3, 0.4) is 0 Å². The molecule has 0 spiro atoms. The molecule has 28 heavy (non-hydrogen) atoms. The summed E-state index contributed by atoms with van der Waals surface area (Å²) in [4.78, 5) is 11.3. The van der Waals surface area contributed by atoms with Gasteiger partial charge in [-0.2, -0.15) is 0 Å². The lowest BCUT2D eigenvalue weighted by Crippen LogP contribution is -2.60. The van der Waals surface area contributed by atoms with E-state index < -0.39 is 34.6 Å². The standard InChI is InChI=1S/C15H21Cl5N3O4P/c1-3-26-28(25,27-4-2)23-14(15(18,19)20)22-12(11(16)17)21-13(24)10-8-6-5-7-9-10/h5-9,11-12,14,22H,3-4H2,1-2H3,(H,21,24)(H,23,25)/t12-,14+/m0/s1. The zero-order valence-electron chi connectivity index (χ0n) is 15.0. The van der Waals surface area contributed by atoms with E-state index in [4.69, 9.17) is 67.1 Å². The molecule has 2 atom stereocenters. The molecule has 0 aromatic heterocycles. The predicted octanol–water partition coefficient (Wildman–Crippen LogP) is 4.60. The number of benzene rings is 1. The van der Waals surface area contributed by atoms with E-state index in [-0.39, 0.29) is 13.2 Å². The smallest absolute Gasteiger partial charge is 0.334 e. The van der Waals surface area contributed by atoms with Gasteiger partial charge in [0.25, 0.3) is 5.91 Å². The highest BCUT2D eigenvalue weighted by atomic mass is 35.6. The zero-order chi connectivity index (χ0) is 21.4. The van der Waals surface area contributed by atoms with Gasteiger partial charge in [-0.15, -0.1) is 23.2 Å². The van der Waals surface area contributed by atoms with Gasteiger partial charge in [0.15, 0.2) is 0 Å². The molecule has 1 aromatic rings. The second-order valence-corrected chi connectivity index (χ2v) is 10.6. The summed E-state index contributed by atoms with van der Waals surface area (Å²) in [7, 11) is -3.82. The molecule has 0 aliphatic rings. The summed E-state index contributed by atoms with van der Waals surface area (Å²) < 4.78 is 21.0. The number of hydrogen-bond donors (Lipinski definition) is 3. The van der Waals surface area contributed by atoms with E-state index in [1.54, 1.807) is 44.2 Å². The molecule has 0 saturated carbocycles. The number of rotatable bonds is 11. The number of alkyl halides is 5. The summed E-state index contributed by atoms with van der Waals surface area (Å²) in [5.41, 5.74) is 0.371. The van der Waals surface area contributed by atoms with Crippen molar-refractivity contribution in [3.8, 4) is 0 Å². The largest absolute Gasteiger partial charge is 0.406 e. The van der Waals surface area contributed by atoms with Crippen molar-refractivity contribution >= 4 is 71.7 Å². The fourth-order valence-electron chi connectivity index (χ4n) is 1.99. The molecule has 3 N–H and O–H groups in total. The number of amides is 1. The third-order valence-electron chi connectivity index (χ3n) is 3.13. The third-order valence-corrected chi connectivity index (χ3v) is 6.06. The zero-order valence-corrected chi connectivity index (χ0v) is 19.7. The fourth-order valence-corrected chi connectivity index (χ4v) is 4.33. The van der Waals surface area contributed by atoms with Crippen LogP contribution in [0.25, 0.3) is 0 Å². The lowest BCUT2D eigenvalue weighted by molar-refractivity contribution is 0.0928. The molecule has 0 heterocycles. The highest BCUT2D eigenvalue weighted by Gasteiger charge is 2.41. The van der Waals surface area contributed by atoms with Crippen LogP contribution in [0.2, 0.25) is 0 Å². The minimum atomic E-state index is -3.82. The van der Waals surface area contributed by atoms with Crippen molar-refractivity contribution in [1.29, 1.82) is 0 Å². The van der Waals surface area contributed by atoms with Crippen molar-refractivity contribution in [1.82, 2.24) is 15.7 Å². The minimum absolute atomic E-state index is 0.0820. The number of carbonyl (C=O) groups excluding carboxylic acids is 1. The Morgan fingerprint density at radius 3 is 2.07 bits per heavy atom. The molecule has 0 aliphatic carbocycles. The Morgan fingerprint density at radius 2 is 1.64 bits per heavy atom. The topological polar surface area (TPSA) is 88.7 Å². The molecule has 0 saturated heterocycles. The Balaban J connectivity index is 3.00. The lowest BCUT2D eigenvalue weighted by Gasteiger charge is -2.33. The van der Waals surface area contributed by atoms with Crippen LogP contribution in [-0.2, 0) is 13.6 Å². The van der Waals surface area contributed by atoms with Gasteiger partial charge in [0.2, 0.25) is 3.79 Å². The lowest BCUT2D eigenvalue weighted by atomic mass is 10.2. The molecule has 0 fully saturated rings. The van der Waals surface area contributed by atoms with Gasteiger partial charge in [0.05, 0.1) is 13.2 Å². The highest BCUT2D eigenvalue weighted by Crippen LogP contribution is 2.46. The first kappa shape index (κ1) is 26.2. The third kappa shape index (κ3) is 8.92. The molecule has 13 heteroatoms. The van der Waals surface area contributed by atoms with Gasteiger partial charge >= 0.3 is 7.75 Å². The van der Waals surface area contributed by atoms with E-state index in [0.717, 1.165) is 0 Å². The van der Waals surface area contributed by atoms with Crippen LogP contribution in [0.1, 0.15) is 24.2 Å². The van der Waals surface area contributed by atoms with Gasteiger partial charge in [0, 0.05) is 5.56 Å². The molecule has 0 radical (unpaired) electrons. The maximum Gasteiger partial charge on any atom is 0.406 e. The number of halogens is 5. The Morgan fingerprint density at radius 1 is 1.11 bits per heavy atom. The van der Waals surface area contributed by atoms with E-state index in [0.29, 0.717) is 5.56 Å². The summed E-state index contributed by atoms with van der Waals surface area (Å²) in [6.45, 7) is 3.42. The van der Waals surface area contributed by atoms with Crippen molar-refractivity contribution < 1.29 is 18.4 Å². The average molecular weight is 516 g/mol. The second kappa shape index (κ2) is 12.2. The molecule has 1 amide bonds. The maximum absolute atomic E-state index is 12.7. The van der Waals surface area contributed by atoms with Gasteiger partial charge in [-0.25, -0.2) is 9.65 Å². The molecular weight excluding hydrogens is 494 g/mol. The van der Waals surface area contributed by atoms with Crippen LogP contribution in [0.4, 0.5) is 0 Å². The monoisotopic (exact) mass is 513 g/mol. The Bertz CT molecular complexity index is 653. The number of carbonyl (C=O) groups is 1. The summed E-state index contributed by atoms with van der Waals surface area (Å²) in [6, 6.07) is 8.37. The normalized spacial score (nSPS) is 14.7. The van der Waals surface area contributed by atoms with Crippen molar-refractivity contribution in [3.05, 3.63) is 35.9 Å². The minimum Gasteiger partial charge on any atom is -0.334 e. The number of hydrogen-bond acceptors (Lipinski definition) is 5. The van der Waals surface area contributed by atoms with E-state index in [9.17, 15) is 9.36 Å². The van der Waals surface area contributed by atoms with Crippen LogP contribution in [0.15, 0.2) is 30.3 Å². The van der Waals surface area contributed by atoms with Crippen molar-refractivity contribution in [2.75, 3.05) is 13.2 Å². The van der Waals surface area contributed by atoms with Crippen LogP contribution in [0, 0.1) is 0 Å². The van der Waals surface area contributed by atoms with E-state index >= 15 is 0 Å². The Hall–Kier alpha value is 0.210. The maximum atomic E-state index is 12.7. The van der Waals surface area contributed by atoms with E-state index in [1.807, 2.05) is 0 Å². The SMILES string of the molecule is CCOP(=O)(N[C@@H](N[C@H](NC(=O)c1ccccc1)C(Cl)Cl)C(Cl)(Cl)Cl)OCC. The molecule has 1 aromatic carbocycles. The average Bonchev–Trinajstić information content (AvgIpc) is 2.60. The van der Waals surface area contributed by atoms with Crippen molar-refractivity contribution in [3.63, 3.8) is 0 Å². The van der Waals surface area contributed by atoms with Crippen LogP contribution < -0.4 is 15.7 Å². The first-order valence-corrected chi connectivity index (χ1v) is 11.7. The molecule has 7 nitrogen and oxygen atoms in total. The van der Waals surface area contributed by atoms with Gasteiger partial charge < -0.3 is 5.32 Å². The molecular formula is C15H21Cl5N3O4P. The molecule has 0 unspecified atom stereocenters. The summed E-state index contributed by atoms with van der Waals surface area (Å²) in [5.74, 6) is -0.467. The first-order valence-electron chi connectivity index (χ1n) is 8.16. The van der Waals surface area contributed by atoms with Gasteiger partial charge in [-0.1, -0.05) is 53.0 Å². The number of nitrogens with one attached hydrogen (secondary N) is 3. The Labute approximate surface area is 189 Å². The summed E-state index contributed by atoms with van der Waals surface area (Å²) in [6.07, 6.45) is -2.37. The molecule has 1 rings (SSSR count). The van der Waals surface area contributed by atoms with Crippen LogP contribution in [0.5, 0.6) is 0 Å². The molecule has 160 valence electrons. The first-order chi connectivity index (χ1) is 13.0. The van der Waals surface area contributed by atoms with Crippen molar-refractivity contribution in [2.45, 2.75) is 34.8 Å². The predicted molar refractivity (Wildman–Crippen MR) is 114 cm³/mol.